The number of carbonyl (C=O) groups is 2. The molecule has 2 saturated carbocycles. The molecule has 8 heteroatoms. The van der Waals surface area contributed by atoms with Crippen molar-refractivity contribution in [3.8, 4) is 0 Å². The summed E-state index contributed by atoms with van der Waals surface area (Å²) in [5.74, 6) is 0.132. The Morgan fingerprint density at radius 1 is 1.04 bits per heavy atom. The molecule has 8 nitrogen and oxygen atoms in total. The molecule has 1 aromatic carbocycles. The maximum atomic E-state index is 12.6. The van der Waals surface area contributed by atoms with Gasteiger partial charge < -0.3 is 15.1 Å². The summed E-state index contributed by atoms with van der Waals surface area (Å²) >= 11 is 0. The van der Waals surface area contributed by atoms with E-state index in [2.05, 4.69) is 5.32 Å². The van der Waals surface area contributed by atoms with Crippen LogP contribution in [0.25, 0.3) is 0 Å². The SMILES string of the molecule is O=C(NC1CC1)c1ccc(N2CCN(C(=O)C3CCCC3)CC2)c([N+](=O)[O-])c1. The summed E-state index contributed by atoms with van der Waals surface area (Å²) in [4.78, 5) is 39.8. The van der Waals surface area contributed by atoms with Crippen LogP contribution < -0.4 is 10.2 Å². The van der Waals surface area contributed by atoms with E-state index in [9.17, 15) is 19.7 Å². The van der Waals surface area contributed by atoms with E-state index in [1.165, 1.54) is 6.07 Å². The lowest BCUT2D eigenvalue weighted by Gasteiger charge is -2.37. The Labute approximate surface area is 164 Å². The maximum Gasteiger partial charge on any atom is 0.293 e. The molecule has 2 aliphatic carbocycles. The van der Waals surface area contributed by atoms with Crippen molar-refractivity contribution >= 4 is 23.2 Å². The molecule has 1 saturated heterocycles. The fraction of sp³-hybridized carbons (Fsp3) is 0.600. The molecule has 4 rings (SSSR count). The minimum atomic E-state index is -0.431. The highest BCUT2D eigenvalue weighted by Gasteiger charge is 2.31. The van der Waals surface area contributed by atoms with Gasteiger partial charge in [-0.25, -0.2) is 0 Å². The molecule has 0 atom stereocenters. The highest BCUT2D eigenvalue weighted by molar-refractivity contribution is 5.96. The Balaban J connectivity index is 1.44. The van der Waals surface area contributed by atoms with Crippen LogP contribution in [0.5, 0.6) is 0 Å². The van der Waals surface area contributed by atoms with Crippen LogP contribution >= 0.6 is 0 Å². The van der Waals surface area contributed by atoms with Gasteiger partial charge in [-0.1, -0.05) is 12.8 Å². The first-order chi connectivity index (χ1) is 13.5. The highest BCUT2D eigenvalue weighted by atomic mass is 16.6. The van der Waals surface area contributed by atoms with Gasteiger partial charge in [0.15, 0.2) is 0 Å². The lowest BCUT2D eigenvalue weighted by molar-refractivity contribution is -0.384. The van der Waals surface area contributed by atoms with E-state index in [0.717, 1.165) is 38.5 Å². The van der Waals surface area contributed by atoms with Crippen LogP contribution in [-0.4, -0.2) is 53.9 Å². The minimum absolute atomic E-state index is 0.0565. The molecule has 1 aromatic rings. The van der Waals surface area contributed by atoms with E-state index >= 15 is 0 Å². The van der Waals surface area contributed by atoms with Gasteiger partial charge in [-0.2, -0.15) is 0 Å². The third kappa shape index (κ3) is 3.95. The largest absolute Gasteiger partial charge is 0.362 e. The van der Waals surface area contributed by atoms with Gasteiger partial charge >= 0.3 is 0 Å². The molecule has 0 aromatic heterocycles. The number of anilines is 1. The number of benzene rings is 1. The number of carbonyl (C=O) groups excluding carboxylic acids is 2. The van der Waals surface area contributed by atoms with Crippen molar-refractivity contribution in [1.29, 1.82) is 0 Å². The first kappa shape index (κ1) is 18.7. The van der Waals surface area contributed by atoms with Crippen molar-refractivity contribution in [3.63, 3.8) is 0 Å². The van der Waals surface area contributed by atoms with Crippen LogP contribution in [0.15, 0.2) is 18.2 Å². The molecular weight excluding hydrogens is 360 g/mol. The number of hydrogen-bond acceptors (Lipinski definition) is 5. The molecule has 1 N–H and O–H groups in total. The van der Waals surface area contributed by atoms with Crippen LogP contribution in [0.2, 0.25) is 0 Å². The topological polar surface area (TPSA) is 95.8 Å². The average Bonchev–Trinajstić information content (AvgIpc) is 3.35. The summed E-state index contributed by atoms with van der Waals surface area (Å²) in [5, 5.41) is 14.5. The Hall–Kier alpha value is -2.64. The van der Waals surface area contributed by atoms with Gasteiger partial charge in [0, 0.05) is 49.8 Å². The second-order valence-corrected chi connectivity index (χ2v) is 8.00. The second-order valence-electron chi connectivity index (χ2n) is 8.00. The number of nitro benzene ring substituents is 1. The van der Waals surface area contributed by atoms with Crippen molar-refractivity contribution in [3.05, 3.63) is 33.9 Å². The lowest BCUT2D eigenvalue weighted by Crippen LogP contribution is -2.50. The van der Waals surface area contributed by atoms with Crippen LogP contribution in [0, 0.1) is 16.0 Å². The summed E-state index contributed by atoms with van der Waals surface area (Å²) in [6, 6.07) is 4.88. The molecule has 28 heavy (non-hydrogen) atoms. The first-order valence-corrected chi connectivity index (χ1v) is 10.2. The Kier molecular flexibility index (Phi) is 5.19. The van der Waals surface area contributed by atoms with E-state index in [1.54, 1.807) is 12.1 Å². The van der Waals surface area contributed by atoms with Crippen LogP contribution in [-0.2, 0) is 4.79 Å². The third-order valence-corrected chi connectivity index (χ3v) is 5.98. The molecule has 1 aliphatic heterocycles. The number of nitrogens with zero attached hydrogens (tertiary/aromatic N) is 3. The van der Waals surface area contributed by atoms with E-state index in [4.69, 9.17) is 0 Å². The Morgan fingerprint density at radius 3 is 2.32 bits per heavy atom. The lowest BCUT2D eigenvalue weighted by atomic mass is 10.1. The Morgan fingerprint density at radius 2 is 1.71 bits per heavy atom. The molecule has 150 valence electrons. The summed E-state index contributed by atoms with van der Waals surface area (Å²) in [7, 11) is 0. The fourth-order valence-corrected chi connectivity index (χ4v) is 4.17. The number of nitrogens with one attached hydrogen (secondary N) is 1. The van der Waals surface area contributed by atoms with Gasteiger partial charge in [0.1, 0.15) is 5.69 Å². The summed E-state index contributed by atoms with van der Waals surface area (Å²) in [6.45, 7) is 2.28. The van der Waals surface area contributed by atoms with E-state index in [1.807, 2.05) is 9.80 Å². The van der Waals surface area contributed by atoms with Crippen LogP contribution in [0.4, 0.5) is 11.4 Å². The summed E-state index contributed by atoms with van der Waals surface area (Å²) in [5.41, 5.74) is 0.775. The molecule has 3 fully saturated rings. The molecule has 0 bridgehead atoms. The zero-order valence-electron chi connectivity index (χ0n) is 15.9. The van der Waals surface area contributed by atoms with Crippen molar-refractivity contribution in [2.75, 3.05) is 31.1 Å². The van der Waals surface area contributed by atoms with Crippen molar-refractivity contribution in [2.45, 2.75) is 44.6 Å². The van der Waals surface area contributed by atoms with Crippen molar-refractivity contribution in [1.82, 2.24) is 10.2 Å². The Bertz CT molecular complexity index is 778. The summed E-state index contributed by atoms with van der Waals surface area (Å²) < 4.78 is 0. The predicted octanol–water partition coefficient (Wildman–Crippen LogP) is 2.33. The zero-order chi connectivity index (χ0) is 19.7. The average molecular weight is 386 g/mol. The van der Waals surface area contributed by atoms with Gasteiger partial charge in [0.25, 0.3) is 11.6 Å². The molecule has 0 unspecified atom stereocenters. The van der Waals surface area contributed by atoms with Gasteiger partial charge in [-0.15, -0.1) is 0 Å². The fourth-order valence-electron chi connectivity index (χ4n) is 4.17. The number of piperazine rings is 1. The van der Waals surface area contributed by atoms with E-state index in [-0.39, 0.29) is 29.5 Å². The molecule has 0 spiro atoms. The molecular formula is C20H26N4O4. The van der Waals surface area contributed by atoms with E-state index in [0.29, 0.717) is 37.4 Å². The predicted molar refractivity (Wildman–Crippen MR) is 104 cm³/mol. The number of rotatable bonds is 5. The molecule has 2 amide bonds. The molecule has 3 aliphatic rings. The van der Waals surface area contributed by atoms with Crippen molar-refractivity contribution < 1.29 is 14.5 Å². The smallest absolute Gasteiger partial charge is 0.293 e. The normalized spacial score (nSPS) is 20.3. The standard InChI is InChI=1S/C20H26N4O4/c25-19(21-16-6-7-16)15-5-8-17(18(13-15)24(27)28)22-9-11-23(12-10-22)20(26)14-3-1-2-4-14/h5,8,13-14,16H,1-4,6-7,9-12H2,(H,21,25). The van der Waals surface area contributed by atoms with Crippen molar-refractivity contribution in [2.24, 2.45) is 5.92 Å². The van der Waals surface area contributed by atoms with Gasteiger partial charge in [-0.05, 0) is 37.8 Å². The van der Waals surface area contributed by atoms with Crippen LogP contribution in [0.3, 0.4) is 0 Å². The molecule has 0 radical (unpaired) electrons. The monoisotopic (exact) mass is 386 g/mol. The molecule has 1 heterocycles. The van der Waals surface area contributed by atoms with Gasteiger partial charge in [0.2, 0.25) is 5.91 Å². The van der Waals surface area contributed by atoms with Gasteiger partial charge in [-0.3, -0.25) is 19.7 Å². The quantitative estimate of drug-likeness (QED) is 0.619. The third-order valence-electron chi connectivity index (χ3n) is 5.98. The number of hydrogen-bond donors (Lipinski definition) is 1. The zero-order valence-corrected chi connectivity index (χ0v) is 15.9. The van der Waals surface area contributed by atoms with Gasteiger partial charge in [0.05, 0.1) is 4.92 Å². The number of nitro groups is 1. The number of amides is 2. The second kappa shape index (κ2) is 7.77. The van der Waals surface area contributed by atoms with Crippen LogP contribution in [0.1, 0.15) is 48.9 Å². The summed E-state index contributed by atoms with van der Waals surface area (Å²) in [6.07, 6.45) is 6.15. The highest BCUT2D eigenvalue weighted by Crippen LogP contribution is 2.32. The maximum absolute atomic E-state index is 12.6. The minimum Gasteiger partial charge on any atom is -0.362 e. The van der Waals surface area contributed by atoms with E-state index < -0.39 is 4.92 Å². The first-order valence-electron chi connectivity index (χ1n) is 10.2.